The summed E-state index contributed by atoms with van der Waals surface area (Å²) >= 11 is 0. The third-order valence-electron chi connectivity index (χ3n) is 4.65. The first-order valence-electron chi connectivity index (χ1n) is 8.77. The molecule has 0 bridgehead atoms. The summed E-state index contributed by atoms with van der Waals surface area (Å²) in [6.45, 7) is 7.80. The van der Waals surface area contributed by atoms with Crippen LogP contribution >= 0.6 is 0 Å². The highest BCUT2D eigenvalue weighted by molar-refractivity contribution is 5.94. The minimum absolute atomic E-state index is 0.0423. The number of fused-ring (bicyclic) bond motifs is 1. The molecule has 0 saturated heterocycles. The predicted octanol–water partition coefficient (Wildman–Crippen LogP) is 4.51. The molecule has 1 N–H and O–H groups in total. The van der Waals surface area contributed by atoms with Crippen LogP contribution in [0.15, 0.2) is 42.5 Å². The van der Waals surface area contributed by atoms with Crippen molar-refractivity contribution in [3.63, 3.8) is 0 Å². The van der Waals surface area contributed by atoms with E-state index in [2.05, 4.69) is 61.3 Å². The smallest absolute Gasteiger partial charge is 0.243 e. The Morgan fingerprint density at radius 3 is 2.62 bits per heavy atom. The lowest BCUT2D eigenvalue weighted by Crippen LogP contribution is -2.36. The molecule has 0 fully saturated rings. The SMILES string of the molecule is Cc1ccc2c(c1)CCCN2CC(=O)Nc1ccc(C(C)C)cc1. The number of carbonyl (C=O) groups is 1. The Bertz CT molecular complexity index is 719. The van der Waals surface area contributed by atoms with Crippen molar-refractivity contribution in [3.8, 4) is 0 Å². The summed E-state index contributed by atoms with van der Waals surface area (Å²) in [5.41, 5.74) is 6.00. The van der Waals surface area contributed by atoms with Gasteiger partial charge in [0.1, 0.15) is 0 Å². The van der Waals surface area contributed by atoms with Gasteiger partial charge < -0.3 is 10.2 Å². The topological polar surface area (TPSA) is 32.3 Å². The van der Waals surface area contributed by atoms with Crippen LogP contribution in [0.2, 0.25) is 0 Å². The molecule has 0 spiro atoms. The Kier molecular flexibility index (Phi) is 4.89. The maximum Gasteiger partial charge on any atom is 0.243 e. The average Bonchev–Trinajstić information content (AvgIpc) is 2.55. The van der Waals surface area contributed by atoms with E-state index in [-0.39, 0.29) is 5.91 Å². The van der Waals surface area contributed by atoms with Crippen LogP contribution in [0, 0.1) is 6.92 Å². The summed E-state index contributed by atoms with van der Waals surface area (Å²) in [5.74, 6) is 0.545. The number of hydrogen-bond acceptors (Lipinski definition) is 2. The van der Waals surface area contributed by atoms with Crippen molar-refractivity contribution < 1.29 is 4.79 Å². The summed E-state index contributed by atoms with van der Waals surface area (Å²) < 4.78 is 0. The normalized spacial score (nSPS) is 13.8. The van der Waals surface area contributed by atoms with E-state index in [4.69, 9.17) is 0 Å². The van der Waals surface area contributed by atoms with Crippen LogP contribution in [0.4, 0.5) is 11.4 Å². The van der Waals surface area contributed by atoms with Crippen LogP contribution in [0.5, 0.6) is 0 Å². The van der Waals surface area contributed by atoms with Crippen LogP contribution in [-0.4, -0.2) is 19.0 Å². The molecule has 0 atom stereocenters. The quantitative estimate of drug-likeness (QED) is 0.898. The van der Waals surface area contributed by atoms with Crippen molar-refractivity contribution in [3.05, 3.63) is 59.2 Å². The molecule has 2 aromatic rings. The van der Waals surface area contributed by atoms with Gasteiger partial charge in [0.05, 0.1) is 6.54 Å². The highest BCUT2D eigenvalue weighted by Crippen LogP contribution is 2.27. The number of carbonyl (C=O) groups excluding carboxylic acids is 1. The standard InChI is InChI=1S/C21H26N2O/c1-15(2)17-7-9-19(10-8-17)22-21(24)14-23-12-4-5-18-13-16(3)6-11-20(18)23/h6-11,13,15H,4-5,12,14H2,1-3H3,(H,22,24). The Hall–Kier alpha value is -2.29. The van der Waals surface area contributed by atoms with Gasteiger partial charge in [-0.2, -0.15) is 0 Å². The molecule has 126 valence electrons. The van der Waals surface area contributed by atoms with Gasteiger partial charge >= 0.3 is 0 Å². The van der Waals surface area contributed by atoms with E-state index in [1.807, 2.05) is 12.1 Å². The van der Waals surface area contributed by atoms with E-state index in [9.17, 15) is 4.79 Å². The lowest BCUT2D eigenvalue weighted by molar-refractivity contribution is -0.115. The summed E-state index contributed by atoms with van der Waals surface area (Å²) in [5, 5.41) is 3.02. The molecule has 0 unspecified atom stereocenters. The van der Waals surface area contributed by atoms with E-state index in [0.717, 1.165) is 25.1 Å². The first kappa shape index (κ1) is 16.6. The Labute approximate surface area is 144 Å². The highest BCUT2D eigenvalue weighted by Gasteiger charge is 2.19. The van der Waals surface area contributed by atoms with Crippen molar-refractivity contribution in [1.29, 1.82) is 0 Å². The summed E-state index contributed by atoms with van der Waals surface area (Å²) in [7, 11) is 0. The third kappa shape index (κ3) is 3.78. The fourth-order valence-corrected chi connectivity index (χ4v) is 3.29. The van der Waals surface area contributed by atoms with Gasteiger partial charge in [-0.05, 0) is 55.0 Å². The second kappa shape index (κ2) is 7.08. The number of anilines is 2. The van der Waals surface area contributed by atoms with Gasteiger partial charge in [-0.15, -0.1) is 0 Å². The van der Waals surface area contributed by atoms with E-state index >= 15 is 0 Å². The molecule has 1 heterocycles. The molecule has 0 aliphatic carbocycles. The first-order valence-corrected chi connectivity index (χ1v) is 8.77. The molecular formula is C21H26N2O. The molecule has 0 saturated carbocycles. The van der Waals surface area contributed by atoms with E-state index in [0.29, 0.717) is 12.5 Å². The van der Waals surface area contributed by atoms with E-state index < -0.39 is 0 Å². The minimum Gasteiger partial charge on any atom is -0.362 e. The molecule has 24 heavy (non-hydrogen) atoms. The highest BCUT2D eigenvalue weighted by atomic mass is 16.2. The number of benzene rings is 2. The Morgan fingerprint density at radius 2 is 1.92 bits per heavy atom. The maximum atomic E-state index is 12.4. The van der Waals surface area contributed by atoms with Gasteiger partial charge in [0.25, 0.3) is 0 Å². The zero-order valence-electron chi connectivity index (χ0n) is 14.8. The summed E-state index contributed by atoms with van der Waals surface area (Å²) in [6.07, 6.45) is 2.21. The second-order valence-corrected chi connectivity index (χ2v) is 6.98. The van der Waals surface area contributed by atoms with Gasteiger partial charge in [0.15, 0.2) is 0 Å². The predicted molar refractivity (Wildman–Crippen MR) is 101 cm³/mol. The maximum absolute atomic E-state index is 12.4. The molecule has 3 rings (SSSR count). The van der Waals surface area contributed by atoms with Crippen molar-refractivity contribution >= 4 is 17.3 Å². The lowest BCUT2D eigenvalue weighted by atomic mass is 9.99. The fourth-order valence-electron chi connectivity index (χ4n) is 3.29. The van der Waals surface area contributed by atoms with Gasteiger partial charge in [-0.25, -0.2) is 0 Å². The number of rotatable bonds is 4. The number of amides is 1. The zero-order chi connectivity index (χ0) is 17.1. The van der Waals surface area contributed by atoms with E-state index in [1.54, 1.807) is 0 Å². The van der Waals surface area contributed by atoms with Crippen LogP contribution in [0.3, 0.4) is 0 Å². The minimum atomic E-state index is 0.0423. The fraction of sp³-hybridized carbons (Fsp3) is 0.381. The molecule has 1 aliphatic heterocycles. The Morgan fingerprint density at radius 1 is 1.17 bits per heavy atom. The number of hydrogen-bond donors (Lipinski definition) is 1. The van der Waals surface area contributed by atoms with Crippen molar-refractivity contribution in [1.82, 2.24) is 0 Å². The number of nitrogens with zero attached hydrogens (tertiary/aromatic N) is 1. The molecule has 0 radical (unpaired) electrons. The number of nitrogens with one attached hydrogen (secondary N) is 1. The van der Waals surface area contributed by atoms with Crippen molar-refractivity contribution in [2.75, 3.05) is 23.3 Å². The van der Waals surface area contributed by atoms with Crippen LogP contribution in [0.1, 0.15) is 42.9 Å². The number of aryl methyl sites for hydroxylation is 2. The van der Waals surface area contributed by atoms with Gasteiger partial charge in [0, 0.05) is 17.9 Å². The van der Waals surface area contributed by atoms with Gasteiger partial charge in [-0.3, -0.25) is 4.79 Å². The molecular weight excluding hydrogens is 296 g/mol. The molecule has 0 aromatic heterocycles. The monoisotopic (exact) mass is 322 g/mol. The Balaban J connectivity index is 1.65. The van der Waals surface area contributed by atoms with E-state index in [1.165, 1.54) is 22.4 Å². The summed E-state index contributed by atoms with van der Waals surface area (Å²) in [4.78, 5) is 14.6. The first-order chi connectivity index (χ1) is 11.5. The molecule has 3 nitrogen and oxygen atoms in total. The average molecular weight is 322 g/mol. The lowest BCUT2D eigenvalue weighted by Gasteiger charge is -2.31. The largest absolute Gasteiger partial charge is 0.362 e. The summed E-state index contributed by atoms with van der Waals surface area (Å²) in [6, 6.07) is 14.7. The third-order valence-corrected chi connectivity index (χ3v) is 4.65. The van der Waals surface area contributed by atoms with Gasteiger partial charge in [-0.1, -0.05) is 43.7 Å². The van der Waals surface area contributed by atoms with Crippen molar-refractivity contribution in [2.45, 2.75) is 39.5 Å². The molecule has 1 aliphatic rings. The second-order valence-electron chi connectivity index (χ2n) is 6.98. The zero-order valence-corrected chi connectivity index (χ0v) is 14.8. The molecule has 1 amide bonds. The van der Waals surface area contributed by atoms with Crippen LogP contribution in [0.25, 0.3) is 0 Å². The molecule has 2 aromatic carbocycles. The van der Waals surface area contributed by atoms with Crippen molar-refractivity contribution in [2.24, 2.45) is 0 Å². The van der Waals surface area contributed by atoms with Gasteiger partial charge in [0.2, 0.25) is 5.91 Å². The molecule has 3 heteroatoms. The van der Waals surface area contributed by atoms with Crippen LogP contribution < -0.4 is 10.2 Å². The van der Waals surface area contributed by atoms with Crippen LogP contribution in [-0.2, 0) is 11.2 Å².